The van der Waals surface area contributed by atoms with Gasteiger partial charge in [-0.15, -0.1) is 11.3 Å². The van der Waals surface area contributed by atoms with Crippen LogP contribution in [0.3, 0.4) is 0 Å². The molecule has 2 N–H and O–H groups in total. The molecule has 11 heteroatoms. The van der Waals surface area contributed by atoms with Crippen molar-refractivity contribution in [3.05, 3.63) is 20.5 Å². The fourth-order valence-electron chi connectivity index (χ4n) is 1.41. The second kappa shape index (κ2) is 5.87. The summed E-state index contributed by atoms with van der Waals surface area (Å²) in [5, 5.41) is 19.8. The first kappa shape index (κ1) is 17.8. The molecule has 8 nitrogen and oxygen atoms in total. The lowest BCUT2D eigenvalue weighted by atomic mass is 9.88. The summed E-state index contributed by atoms with van der Waals surface area (Å²) in [4.78, 5) is 21.0. The summed E-state index contributed by atoms with van der Waals surface area (Å²) >= 11 is 6.10. The van der Waals surface area contributed by atoms with Gasteiger partial charge >= 0.3 is 5.97 Å². The van der Waals surface area contributed by atoms with Crippen molar-refractivity contribution in [3.8, 4) is 0 Å². The summed E-state index contributed by atoms with van der Waals surface area (Å²) < 4.78 is 25.6. The highest BCUT2D eigenvalue weighted by molar-refractivity contribution is 7.91. The summed E-state index contributed by atoms with van der Waals surface area (Å²) in [7, 11) is -4.22. The van der Waals surface area contributed by atoms with E-state index in [1.807, 2.05) is 4.72 Å². The van der Waals surface area contributed by atoms with Gasteiger partial charge in [-0.1, -0.05) is 32.4 Å². The van der Waals surface area contributed by atoms with Gasteiger partial charge in [0.2, 0.25) is 0 Å². The fraction of sp³-hybridized carbons (Fsp3) is 0.500. The molecule has 1 aromatic rings. The Balaban J connectivity index is 3.20. The molecule has 0 saturated carbocycles. The van der Waals surface area contributed by atoms with Gasteiger partial charge in [-0.2, -0.15) is 4.72 Å². The van der Waals surface area contributed by atoms with Gasteiger partial charge in [0.1, 0.15) is 10.3 Å². The van der Waals surface area contributed by atoms with Crippen LogP contribution in [0.25, 0.3) is 0 Å². The summed E-state index contributed by atoms with van der Waals surface area (Å²) in [6.45, 7) is 4.66. The van der Waals surface area contributed by atoms with Gasteiger partial charge in [0.05, 0.1) is 4.92 Å². The molecule has 0 amide bonds. The zero-order valence-electron chi connectivity index (χ0n) is 11.3. The molecule has 0 spiro atoms. The Labute approximate surface area is 129 Å². The number of nitro groups is 1. The number of aliphatic carboxylic acids is 1. The van der Waals surface area contributed by atoms with Crippen LogP contribution in [0.2, 0.25) is 4.34 Å². The zero-order valence-corrected chi connectivity index (χ0v) is 13.7. The number of hydrogen-bond donors (Lipinski definition) is 2. The monoisotopic (exact) mass is 356 g/mol. The maximum Gasteiger partial charge on any atom is 0.322 e. The average molecular weight is 357 g/mol. The van der Waals surface area contributed by atoms with Crippen molar-refractivity contribution in [1.29, 1.82) is 0 Å². The number of carbonyl (C=O) groups is 1. The van der Waals surface area contributed by atoms with E-state index in [-0.39, 0.29) is 4.34 Å². The predicted octanol–water partition coefficient (Wildman–Crippen LogP) is 2.09. The highest BCUT2D eigenvalue weighted by Gasteiger charge is 2.36. The van der Waals surface area contributed by atoms with E-state index >= 15 is 0 Å². The van der Waals surface area contributed by atoms with Crippen molar-refractivity contribution in [2.45, 2.75) is 31.0 Å². The van der Waals surface area contributed by atoms with Crippen LogP contribution in [-0.4, -0.2) is 30.5 Å². The van der Waals surface area contributed by atoms with Crippen LogP contribution in [-0.2, 0) is 14.8 Å². The first-order valence-corrected chi connectivity index (χ1v) is 8.23. The standard InChI is InChI=1S/C10H13ClN2O6S2/c1-10(2,3)7(9(14)15)12-21(18,19)6-4-5(13(16)17)8(11)20-6/h4,7,12H,1-3H3,(H,14,15). The molecule has 0 aliphatic heterocycles. The molecule has 1 aromatic heterocycles. The number of thiophene rings is 1. The first-order chi connectivity index (χ1) is 9.36. The van der Waals surface area contributed by atoms with Gasteiger partial charge in [-0.25, -0.2) is 8.42 Å². The molecule has 1 atom stereocenters. The molecule has 0 aromatic carbocycles. The molecule has 0 aliphatic carbocycles. The molecule has 118 valence electrons. The summed E-state index contributed by atoms with van der Waals surface area (Å²) in [5.74, 6) is -1.34. The van der Waals surface area contributed by atoms with E-state index in [4.69, 9.17) is 16.7 Å². The van der Waals surface area contributed by atoms with Crippen molar-refractivity contribution in [2.24, 2.45) is 5.41 Å². The van der Waals surface area contributed by atoms with E-state index < -0.39 is 42.3 Å². The van der Waals surface area contributed by atoms with Gasteiger partial charge in [0.25, 0.3) is 15.7 Å². The van der Waals surface area contributed by atoms with Crippen molar-refractivity contribution in [3.63, 3.8) is 0 Å². The van der Waals surface area contributed by atoms with E-state index in [0.29, 0.717) is 11.3 Å². The van der Waals surface area contributed by atoms with E-state index in [0.717, 1.165) is 6.07 Å². The molecule has 1 heterocycles. The topological polar surface area (TPSA) is 127 Å². The highest BCUT2D eigenvalue weighted by Crippen LogP contribution is 2.36. The lowest BCUT2D eigenvalue weighted by molar-refractivity contribution is -0.384. The Morgan fingerprint density at radius 3 is 2.38 bits per heavy atom. The fourth-order valence-corrected chi connectivity index (χ4v) is 4.48. The second-order valence-corrected chi connectivity index (χ2v) is 8.84. The Hall–Kier alpha value is -1.23. The number of nitrogens with one attached hydrogen (secondary N) is 1. The molecule has 1 unspecified atom stereocenters. The van der Waals surface area contributed by atoms with Crippen LogP contribution in [0.1, 0.15) is 20.8 Å². The average Bonchev–Trinajstić information content (AvgIpc) is 2.67. The molecule has 21 heavy (non-hydrogen) atoms. The molecule has 0 bridgehead atoms. The second-order valence-electron chi connectivity index (χ2n) is 5.24. The van der Waals surface area contributed by atoms with Crippen LogP contribution in [0.4, 0.5) is 5.69 Å². The third kappa shape index (κ3) is 4.13. The molecule has 0 saturated heterocycles. The van der Waals surface area contributed by atoms with Crippen molar-refractivity contribution in [2.75, 3.05) is 0 Å². The van der Waals surface area contributed by atoms with E-state index in [1.165, 1.54) is 0 Å². The SMILES string of the molecule is CC(C)(C)C(NS(=O)(=O)c1cc([N+](=O)[O-])c(Cl)s1)C(=O)O. The van der Waals surface area contributed by atoms with Crippen LogP contribution in [0.5, 0.6) is 0 Å². The maximum absolute atomic E-state index is 12.1. The quantitative estimate of drug-likeness (QED) is 0.614. The Bertz CT molecular complexity index is 676. The maximum atomic E-state index is 12.1. The number of nitrogens with zero attached hydrogens (tertiary/aromatic N) is 1. The van der Waals surface area contributed by atoms with E-state index in [9.17, 15) is 23.3 Å². The number of rotatable bonds is 5. The summed E-state index contributed by atoms with van der Waals surface area (Å²) in [5.41, 5.74) is -1.42. The lowest BCUT2D eigenvalue weighted by Crippen LogP contribution is -2.48. The van der Waals surface area contributed by atoms with Crippen molar-refractivity contribution >= 4 is 44.6 Å². The van der Waals surface area contributed by atoms with Crippen LogP contribution < -0.4 is 4.72 Å². The van der Waals surface area contributed by atoms with Gasteiger partial charge in [0, 0.05) is 6.07 Å². The minimum absolute atomic E-state index is 0.289. The first-order valence-electron chi connectivity index (χ1n) is 5.55. The number of halogens is 1. The molecule has 0 fully saturated rings. The molecule has 0 radical (unpaired) electrons. The van der Waals surface area contributed by atoms with Crippen molar-refractivity contribution in [1.82, 2.24) is 4.72 Å². The normalized spacial score (nSPS) is 13.9. The summed E-state index contributed by atoms with van der Waals surface area (Å²) in [6.07, 6.45) is 0. The van der Waals surface area contributed by atoms with E-state index in [1.54, 1.807) is 20.8 Å². The third-order valence-corrected chi connectivity index (χ3v) is 5.73. The summed E-state index contributed by atoms with van der Waals surface area (Å²) in [6, 6.07) is -0.584. The molecular weight excluding hydrogens is 344 g/mol. The van der Waals surface area contributed by atoms with E-state index in [2.05, 4.69) is 0 Å². The van der Waals surface area contributed by atoms with Gasteiger partial charge in [-0.05, 0) is 5.41 Å². The Morgan fingerprint density at radius 2 is 2.05 bits per heavy atom. The van der Waals surface area contributed by atoms with Crippen LogP contribution in [0.15, 0.2) is 10.3 Å². The number of carboxylic acids is 1. The smallest absolute Gasteiger partial charge is 0.322 e. The van der Waals surface area contributed by atoms with Crippen molar-refractivity contribution < 1.29 is 23.2 Å². The minimum atomic E-state index is -4.22. The zero-order chi connectivity index (χ0) is 16.6. The Morgan fingerprint density at radius 1 is 1.52 bits per heavy atom. The highest BCUT2D eigenvalue weighted by atomic mass is 35.5. The van der Waals surface area contributed by atoms with Crippen LogP contribution in [0, 0.1) is 15.5 Å². The largest absolute Gasteiger partial charge is 0.480 e. The van der Waals surface area contributed by atoms with Gasteiger partial charge in [-0.3, -0.25) is 14.9 Å². The molecule has 1 rings (SSSR count). The number of hydrogen-bond acceptors (Lipinski definition) is 6. The van der Waals surface area contributed by atoms with Gasteiger partial charge < -0.3 is 5.11 Å². The van der Waals surface area contributed by atoms with Crippen LogP contribution >= 0.6 is 22.9 Å². The lowest BCUT2D eigenvalue weighted by Gasteiger charge is -2.27. The molecular formula is C10H13ClN2O6S2. The van der Waals surface area contributed by atoms with Gasteiger partial charge in [0.15, 0.2) is 4.34 Å². The number of sulfonamides is 1. The predicted molar refractivity (Wildman–Crippen MR) is 77.2 cm³/mol. The third-order valence-electron chi connectivity index (χ3n) is 2.49. The Kier molecular flexibility index (Phi) is 4.98. The molecule has 0 aliphatic rings. The minimum Gasteiger partial charge on any atom is -0.480 e. The number of carboxylic acid groups (broad SMARTS) is 1.